The molecular weight excluding hydrogens is 284 g/mol. The minimum Gasteiger partial charge on any atom is -0.548 e. The average molecular weight is 301 g/mol. The van der Waals surface area contributed by atoms with E-state index >= 15 is 0 Å². The molecule has 1 unspecified atom stereocenters. The van der Waals surface area contributed by atoms with E-state index in [4.69, 9.17) is 0 Å². The van der Waals surface area contributed by atoms with Gasteiger partial charge in [0, 0.05) is 13.1 Å². The van der Waals surface area contributed by atoms with Crippen molar-refractivity contribution < 1.29 is 19.5 Å². The Hall–Kier alpha value is -2.63. The topological polar surface area (TPSA) is 80.8 Å². The maximum Gasteiger partial charge on any atom is 0.250 e. The van der Waals surface area contributed by atoms with Gasteiger partial charge in [0.15, 0.2) is 0 Å². The van der Waals surface area contributed by atoms with E-state index in [1.807, 2.05) is 6.07 Å². The number of hydrogen-bond acceptors (Lipinski definition) is 4. The van der Waals surface area contributed by atoms with Crippen LogP contribution in [0.5, 0.6) is 0 Å². The Kier molecular flexibility index (Phi) is 4.60. The summed E-state index contributed by atoms with van der Waals surface area (Å²) in [5.74, 6) is -2.02. The first kappa shape index (κ1) is 15.8. The largest absolute Gasteiger partial charge is 0.548 e. The predicted octanol–water partition coefficient (Wildman–Crippen LogP) is 0.204. The summed E-state index contributed by atoms with van der Waals surface area (Å²) in [5, 5.41) is 11.0. The third-order valence-electron chi connectivity index (χ3n) is 3.55. The summed E-state index contributed by atoms with van der Waals surface area (Å²) >= 11 is 0. The second kappa shape index (κ2) is 6.43. The van der Waals surface area contributed by atoms with Gasteiger partial charge in [0.1, 0.15) is 6.04 Å². The molecule has 2 rings (SSSR count). The fraction of sp³-hybridized carbons (Fsp3) is 0.312. The molecule has 6 heteroatoms. The van der Waals surface area contributed by atoms with Crippen molar-refractivity contribution in [1.29, 1.82) is 0 Å². The van der Waals surface area contributed by atoms with Crippen LogP contribution in [0.2, 0.25) is 0 Å². The van der Waals surface area contributed by atoms with Gasteiger partial charge in [0.25, 0.3) is 5.91 Å². The Morgan fingerprint density at radius 2 is 1.86 bits per heavy atom. The summed E-state index contributed by atoms with van der Waals surface area (Å²) < 4.78 is 0. The van der Waals surface area contributed by atoms with Gasteiger partial charge in [-0.05, 0) is 12.0 Å². The summed E-state index contributed by atoms with van der Waals surface area (Å²) in [5.41, 5.74) is 1.05. The van der Waals surface area contributed by atoms with Gasteiger partial charge in [-0.2, -0.15) is 0 Å². The van der Waals surface area contributed by atoms with E-state index in [-0.39, 0.29) is 5.91 Å². The standard InChI is InChI=1S/C16H18N2O4/c1-3-13-16(22)18(10-15(20)21)14(9-17(13)11(2)19)12-7-5-4-6-8-12/h4-9,13H,3,10H2,1-2H3,(H,20,21)/p-1. The van der Waals surface area contributed by atoms with E-state index < -0.39 is 24.5 Å². The van der Waals surface area contributed by atoms with Crippen molar-refractivity contribution in [3.63, 3.8) is 0 Å². The van der Waals surface area contributed by atoms with E-state index in [0.717, 1.165) is 4.90 Å². The Bertz CT molecular complexity index is 624. The molecule has 1 atom stereocenters. The highest BCUT2D eigenvalue weighted by atomic mass is 16.4. The molecule has 0 aliphatic carbocycles. The molecule has 0 radical (unpaired) electrons. The van der Waals surface area contributed by atoms with Crippen LogP contribution in [0.3, 0.4) is 0 Å². The fourth-order valence-electron chi connectivity index (χ4n) is 2.52. The maximum absolute atomic E-state index is 12.6. The summed E-state index contributed by atoms with van der Waals surface area (Å²) in [6.07, 6.45) is 1.94. The molecule has 2 amide bonds. The van der Waals surface area contributed by atoms with Gasteiger partial charge in [-0.25, -0.2) is 0 Å². The summed E-state index contributed by atoms with van der Waals surface area (Å²) in [4.78, 5) is 37.9. The highest BCUT2D eigenvalue weighted by Gasteiger charge is 2.36. The van der Waals surface area contributed by atoms with Gasteiger partial charge in [0.2, 0.25) is 5.91 Å². The number of nitrogens with zero attached hydrogens (tertiary/aromatic N) is 2. The minimum absolute atomic E-state index is 0.262. The quantitative estimate of drug-likeness (QED) is 0.796. The van der Waals surface area contributed by atoms with Crippen LogP contribution in [0.1, 0.15) is 25.8 Å². The van der Waals surface area contributed by atoms with Crippen LogP contribution in [-0.4, -0.2) is 40.2 Å². The molecule has 0 spiro atoms. The SMILES string of the molecule is CCC1C(=O)N(CC(=O)[O-])C(c2ccccc2)=CN1C(C)=O. The van der Waals surface area contributed by atoms with E-state index in [1.54, 1.807) is 31.2 Å². The molecule has 0 saturated carbocycles. The molecule has 0 saturated heterocycles. The van der Waals surface area contributed by atoms with E-state index in [2.05, 4.69) is 0 Å². The number of amides is 2. The Morgan fingerprint density at radius 1 is 1.23 bits per heavy atom. The number of carbonyl (C=O) groups is 3. The summed E-state index contributed by atoms with van der Waals surface area (Å²) in [6.45, 7) is 2.61. The normalized spacial score (nSPS) is 18.2. The molecule has 116 valence electrons. The second-order valence-electron chi connectivity index (χ2n) is 5.03. The van der Waals surface area contributed by atoms with Crippen LogP contribution in [0.4, 0.5) is 0 Å². The molecule has 1 heterocycles. The first-order valence-corrected chi connectivity index (χ1v) is 7.03. The van der Waals surface area contributed by atoms with Crippen molar-refractivity contribution in [3.8, 4) is 0 Å². The third-order valence-corrected chi connectivity index (χ3v) is 3.55. The predicted molar refractivity (Wildman–Crippen MR) is 77.7 cm³/mol. The molecule has 1 aliphatic rings. The Morgan fingerprint density at radius 3 is 2.36 bits per heavy atom. The first-order chi connectivity index (χ1) is 10.5. The zero-order valence-corrected chi connectivity index (χ0v) is 12.5. The molecule has 1 aromatic rings. The van der Waals surface area contributed by atoms with Crippen molar-refractivity contribution in [2.75, 3.05) is 6.54 Å². The number of rotatable bonds is 4. The summed E-state index contributed by atoms with van der Waals surface area (Å²) in [6, 6.07) is 8.20. The zero-order valence-electron chi connectivity index (χ0n) is 12.5. The van der Waals surface area contributed by atoms with Crippen molar-refractivity contribution in [3.05, 3.63) is 42.1 Å². The molecule has 1 aliphatic heterocycles. The number of benzene rings is 1. The lowest BCUT2D eigenvalue weighted by atomic mass is 10.0. The highest BCUT2D eigenvalue weighted by Crippen LogP contribution is 2.28. The number of carbonyl (C=O) groups excluding carboxylic acids is 3. The maximum atomic E-state index is 12.6. The van der Waals surface area contributed by atoms with Crippen molar-refractivity contribution in [2.45, 2.75) is 26.3 Å². The lowest BCUT2D eigenvalue weighted by molar-refractivity contribution is -0.305. The molecule has 0 aromatic heterocycles. The van der Waals surface area contributed by atoms with Gasteiger partial charge in [-0.3, -0.25) is 9.59 Å². The monoisotopic (exact) mass is 301 g/mol. The van der Waals surface area contributed by atoms with E-state index in [9.17, 15) is 19.5 Å². The fourth-order valence-corrected chi connectivity index (χ4v) is 2.52. The van der Waals surface area contributed by atoms with Gasteiger partial charge in [-0.1, -0.05) is 37.3 Å². The molecule has 0 fully saturated rings. The van der Waals surface area contributed by atoms with Crippen LogP contribution in [0.25, 0.3) is 5.70 Å². The lowest BCUT2D eigenvalue weighted by Crippen LogP contribution is -2.53. The van der Waals surface area contributed by atoms with Gasteiger partial charge >= 0.3 is 0 Å². The van der Waals surface area contributed by atoms with Crippen LogP contribution >= 0.6 is 0 Å². The van der Waals surface area contributed by atoms with E-state index in [1.165, 1.54) is 18.0 Å². The van der Waals surface area contributed by atoms with Crippen LogP contribution in [-0.2, 0) is 14.4 Å². The number of carboxylic acid groups (broad SMARTS) is 1. The zero-order chi connectivity index (χ0) is 16.3. The van der Waals surface area contributed by atoms with Crippen LogP contribution < -0.4 is 5.11 Å². The van der Waals surface area contributed by atoms with Crippen molar-refractivity contribution >= 4 is 23.5 Å². The van der Waals surface area contributed by atoms with Crippen molar-refractivity contribution in [2.24, 2.45) is 0 Å². The number of hydrogen-bond donors (Lipinski definition) is 0. The Balaban J connectivity index is 2.54. The number of aliphatic carboxylic acids is 1. The van der Waals surface area contributed by atoms with Crippen molar-refractivity contribution in [1.82, 2.24) is 9.80 Å². The van der Waals surface area contributed by atoms with Gasteiger partial charge < -0.3 is 19.7 Å². The second-order valence-corrected chi connectivity index (χ2v) is 5.03. The molecule has 0 bridgehead atoms. The highest BCUT2D eigenvalue weighted by molar-refractivity contribution is 5.98. The smallest absolute Gasteiger partial charge is 0.250 e. The average Bonchev–Trinajstić information content (AvgIpc) is 2.49. The van der Waals surface area contributed by atoms with Crippen LogP contribution in [0, 0.1) is 0 Å². The molecule has 22 heavy (non-hydrogen) atoms. The molecule has 6 nitrogen and oxygen atoms in total. The Labute approximate surface area is 128 Å². The molecule has 0 N–H and O–H groups in total. The van der Waals surface area contributed by atoms with Gasteiger partial charge in [-0.15, -0.1) is 0 Å². The number of carboxylic acids is 1. The summed E-state index contributed by atoms with van der Waals surface area (Å²) in [7, 11) is 0. The molecular formula is C16H17N2O4-. The minimum atomic E-state index is -1.35. The molecule has 1 aromatic carbocycles. The van der Waals surface area contributed by atoms with E-state index in [0.29, 0.717) is 17.7 Å². The third kappa shape index (κ3) is 3.00. The first-order valence-electron chi connectivity index (χ1n) is 7.03. The van der Waals surface area contributed by atoms with Gasteiger partial charge in [0.05, 0.1) is 18.2 Å². The van der Waals surface area contributed by atoms with Crippen LogP contribution in [0.15, 0.2) is 36.5 Å². The lowest BCUT2D eigenvalue weighted by Gasteiger charge is -2.39.